The van der Waals surface area contributed by atoms with E-state index < -0.39 is 0 Å². The smallest absolute Gasteiger partial charge is 0.343 e. The topological polar surface area (TPSA) is 39.2 Å². The first-order valence-electron chi connectivity index (χ1n) is 6.78. The summed E-state index contributed by atoms with van der Waals surface area (Å²) in [4.78, 5) is 16.2. The molecule has 104 valence electrons. The number of benzene rings is 1. The second kappa shape index (κ2) is 5.37. The Morgan fingerprint density at radius 2 is 2.00 bits per heavy atom. The van der Waals surface area contributed by atoms with Gasteiger partial charge in [-0.2, -0.15) is 0 Å². The van der Waals surface area contributed by atoms with Crippen LogP contribution in [0.3, 0.4) is 0 Å². The van der Waals surface area contributed by atoms with Crippen molar-refractivity contribution in [2.24, 2.45) is 0 Å². The van der Waals surface area contributed by atoms with E-state index in [0.717, 1.165) is 16.8 Å². The molecule has 1 aromatic carbocycles. The number of ether oxygens (including phenoxy) is 1. The molecule has 1 aliphatic rings. The maximum absolute atomic E-state index is 12.0. The average molecular weight is 277 g/mol. The summed E-state index contributed by atoms with van der Waals surface area (Å²) in [7, 11) is 0. The van der Waals surface area contributed by atoms with E-state index in [1.54, 1.807) is 18.3 Å². The van der Waals surface area contributed by atoms with Gasteiger partial charge in [0.15, 0.2) is 0 Å². The molecular formula is C18H15NO2. The number of aromatic nitrogens is 1. The standard InChI is InChI=1S/C18H15NO2/c1-12-6-7-16(13(2)9-12)17-11-14(18(20)21-17)10-15-5-3-4-8-19-15/h3-11H,1-2H3/b14-10+. The monoisotopic (exact) mass is 277 g/mol. The number of carbonyl (C=O) groups is 1. The maximum atomic E-state index is 12.0. The molecule has 3 nitrogen and oxygen atoms in total. The van der Waals surface area contributed by atoms with Crippen LogP contribution in [-0.2, 0) is 9.53 Å². The second-order valence-corrected chi connectivity index (χ2v) is 5.07. The van der Waals surface area contributed by atoms with Gasteiger partial charge in [-0.15, -0.1) is 0 Å². The molecule has 0 amide bonds. The highest BCUT2D eigenvalue weighted by Gasteiger charge is 2.23. The number of hydrogen-bond donors (Lipinski definition) is 0. The number of carbonyl (C=O) groups excluding carboxylic acids is 1. The van der Waals surface area contributed by atoms with Gasteiger partial charge in [0.2, 0.25) is 0 Å². The Bertz CT molecular complexity index is 758. The first kappa shape index (κ1) is 13.3. The van der Waals surface area contributed by atoms with Crippen LogP contribution in [0.2, 0.25) is 0 Å². The Morgan fingerprint density at radius 3 is 2.71 bits per heavy atom. The first-order valence-corrected chi connectivity index (χ1v) is 6.78. The van der Waals surface area contributed by atoms with Crippen LogP contribution in [-0.4, -0.2) is 11.0 Å². The lowest BCUT2D eigenvalue weighted by atomic mass is 10.0. The lowest BCUT2D eigenvalue weighted by molar-refractivity contribution is -0.130. The normalized spacial score (nSPS) is 16.0. The van der Waals surface area contributed by atoms with Crippen molar-refractivity contribution in [1.82, 2.24) is 4.98 Å². The van der Waals surface area contributed by atoms with Crippen LogP contribution in [0.5, 0.6) is 0 Å². The van der Waals surface area contributed by atoms with Gasteiger partial charge in [0, 0.05) is 11.8 Å². The summed E-state index contributed by atoms with van der Waals surface area (Å²) in [6.07, 6.45) is 5.20. The van der Waals surface area contributed by atoms with Gasteiger partial charge in [-0.05, 0) is 43.7 Å². The Labute approximate surface area is 123 Å². The zero-order chi connectivity index (χ0) is 14.8. The number of rotatable bonds is 2. The number of pyridine rings is 1. The van der Waals surface area contributed by atoms with Crippen molar-refractivity contribution in [3.05, 3.63) is 76.6 Å². The van der Waals surface area contributed by atoms with E-state index in [4.69, 9.17) is 4.74 Å². The van der Waals surface area contributed by atoms with Crippen LogP contribution < -0.4 is 0 Å². The van der Waals surface area contributed by atoms with Crippen molar-refractivity contribution in [2.75, 3.05) is 0 Å². The Kier molecular flexibility index (Phi) is 3.40. The summed E-state index contributed by atoms with van der Waals surface area (Å²) in [6.45, 7) is 4.05. The summed E-state index contributed by atoms with van der Waals surface area (Å²) < 4.78 is 5.38. The van der Waals surface area contributed by atoms with Crippen molar-refractivity contribution in [2.45, 2.75) is 13.8 Å². The lowest BCUT2D eigenvalue weighted by Gasteiger charge is -2.06. The fourth-order valence-corrected chi connectivity index (χ4v) is 2.33. The van der Waals surface area contributed by atoms with Crippen molar-refractivity contribution < 1.29 is 9.53 Å². The number of cyclic esters (lactones) is 1. The van der Waals surface area contributed by atoms with Crippen LogP contribution in [0.15, 0.2) is 54.2 Å². The molecule has 3 heteroatoms. The molecule has 0 saturated carbocycles. The molecule has 3 rings (SSSR count). The number of esters is 1. The maximum Gasteiger partial charge on any atom is 0.343 e. The second-order valence-electron chi connectivity index (χ2n) is 5.07. The van der Waals surface area contributed by atoms with E-state index >= 15 is 0 Å². The molecule has 21 heavy (non-hydrogen) atoms. The minimum atomic E-state index is -0.337. The van der Waals surface area contributed by atoms with Crippen LogP contribution in [0.25, 0.3) is 11.8 Å². The van der Waals surface area contributed by atoms with E-state index in [1.165, 1.54) is 5.56 Å². The molecule has 2 aromatic rings. The molecule has 0 atom stereocenters. The third-order valence-corrected chi connectivity index (χ3v) is 3.36. The fourth-order valence-electron chi connectivity index (χ4n) is 2.33. The van der Waals surface area contributed by atoms with Gasteiger partial charge in [-0.1, -0.05) is 29.8 Å². The van der Waals surface area contributed by atoms with E-state index in [9.17, 15) is 4.79 Å². The third kappa shape index (κ3) is 2.77. The van der Waals surface area contributed by atoms with E-state index in [0.29, 0.717) is 11.3 Å². The minimum absolute atomic E-state index is 0.337. The summed E-state index contributed by atoms with van der Waals surface area (Å²) in [6, 6.07) is 11.6. The highest BCUT2D eigenvalue weighted by atomic mass is 16.5. The molecule has 1 aromatic heterocycles. The van der Waals surface area contributed by atoms with Crippen molar-refractivity contribution >= 4 is 17.8 Å². The highest BCUT2D eigenvalue weighted by molar-refractivity contribution is 6.05. The van der Waals surface area contributed by atoms with Crippen molar-refractivity contribution in [1.29, 1.82) is 0 Å². The molecule has 1 aliphatic heterocycles. The zero-order valence-electron chi connectivity index (χ0n) is 12.0. The van der Waals surface area contributed by atoms with Gasteiger partial charge < -0.3 is 4.74 Å². The van der Waals surface area contributed by atoms with E-state index in [-0.39, 0.29) is 5.97 Å². The van der Waals surface area contributed by atoms with Crippen molar-refractivity contribution in [3.8, 4) is 0 Å². The molecule has 0 aliphatic carbocycles. The van der Waals surface area contributed by atoms with Gasteiger partial charge in [-0.3, -0.25) is 4.98 Å². The summed E-state index contributed by atoms with van der Waals surface area (Å²) in [5.74, 6) is 0.260. The molecule has 0 N–H and O–H groups in total. The predicted molar refractivity (Wildman–Crippen MR) is 82.2 cm³/mol. The van der Waals surface area contributed by atoms with Crippen LogP contribution >= 0.6 is 0 Å². The van der Waals surface area contributed by atoms with E-state index in [1.807, 2.05) is 44.2 Å². The minimum Gasteiger partial charge on any atom is -0.422 e. The van der Waals surface area contributed by atoms with Gasteiger partial charge in [0.25, 0.3) is 0 Å². The van der Waals surface area contributed by atoms with Crippen molar-refractivity contribution in [3.63, 3.8) is 0 Å². The first-order chi connectivity index (χ1) is 10.1. The number of nitrogens with zero attached hydrogens (tertiary/aromatic N) is 1. The Balaban J connectivity index is 1.97. The summed E-state index contributed by atoms with van der Waals surface area (Å²) >= 11 is 0. The molecule has 0 radical (unpaired) electrons. The Morgan fingerprint density at radius 1 is 1.14 bits per heavy atom. The molecule has 0 saturated heterocycles. The highest BCUT2D eigenvalue weighted by Crippen LogP contribution is 2.29. The van der Waals surface area contributed by atoms with Gasteiger partial charge in [0.05, 0.1) is 11.3 Å². The molecular weight excluding hydrogens is 262 g/mol. The van der Waals surface area contributed by atoms with Crippen LogP contribution in [0.4, 0.5) is 0 Å². The van der Waals surface area contributed by atoms with Crippen LogP contribution in [0, 0.1) is 13.8 Å². The van der Waals surface area contributed by atoms with Gasteiger partial charge in [-0.25, -0.2) is 4.79 Å². The lowest BCUT2D eigenvalue weighted by Crippen LogP contribution is -1.98. The summed E-state index contributed by atoms with van der Waals surface area (Å²) in [5.41, 5.74) is 4.48. The molecule has 0 spiro atoms. The third-order valence-electron chi connectivity index (χ3n) is 3.36. The number of hydrogen-bond acceptors (Lipinski definition) is 3. The molecule has 2 heterocycles. The SMILES string of the molecule is Cc1ccc(C2=C/C(=C\c3ccccn3)C(=O)O2)c(C)c1. The van der Waals surface area contributed by atoms with E-state index in [2.05, 4.69) is 11.1 Å². The summed E-state index contributed by atoms with van der Waals surface area (Å²) in [5, 5.41) is 0. The Hall–Kier alpha value is -2.68. The quantitative estimate of drug-likeness (QED) is 0.621. The predicted octanol–water partition coefficient (Wildman–Crippen LogP) is 3.68. The molecule has 0 unspecified atom stereocenters. The van der Waals surface area contributed by atoms with Gasteiger partial charge >= 0.3 is 5.97 Å². The molecule has 0 fully saturated rings. The zero-order valence-corrected chi connectivity index (χ0v) is 12.0. The van der Waals surface area contributed by atoms with Gasteiger partial charge in [0.1, 0.15) is 5.76 Å². The number of aryl methyl sites for hydroxylation is 2. The molecule has 0 bridgehead atoms. The fraction of sp³-hybridized carbons (Fsp3) is 0.111. The largest absolute Gasteiger partial charge is 0.422 e. The average Bonchev–Trinajstić information content (AvgIpc) is 2.81. The van der Waals surface area contributed by atoms with Crippen LogP contribution in [0.1, 0.15) is 22.4 Å².